The van der Waals surface area contributed by atoms with E-state index in [2.05, 4.69) is 9.97 Å². The second kappa shape index (κ2) is 4.57. The highest BCUT2D eigenvalue weighted by molar-refractivity contribution is 7.91. The lowest BCUT2D eigenvalue weighted by Gasteiger charge is -2.04. The summed E-state index contributed by atoms with van der Waals surface area (Å²) in [6.07, 6.45) is 1.16. The molecule has 6 nitrogen and oxygen atoms in total. The molecule has 0 saturated heterocycles. The van der Waals surface area contributed by atoms with E-state index in [9.17, 15) is 8.42 Å². The van der Waals surface area contributed by atoms with Crippen molar-refractivity contribution in [3.05, 3.63) is 34.8 Å². The summed E-state index contributed by atoms with van der Waals surface area (Å²) in [5.41, 5.74) is 9.62. The van der Waals surface area contributed by atoms with Crippen molar-refractivity contribution in [3.63, 3.8) is 0 Å². The van der Waals surface area contributed by atoms with Crippen molar-refractivity contribution in [1.82, 2.24) is 14.5 Å². The second-order valence-electron chi connectivity index (χ2n) is 4.43. The van der Waals surface area contributed by atoms with Crippen molar-refractivity contribution in [2.45, 2.75) is 11.4 Å². The summed E-state index contributed by atoms with van der Waals surface area (Å²) in [6, 6.07) is 5.04. The first-order valence-electron chi connectivity index (χ1n) is 5.78. The number of rotatable bonds is 3. The minimum Gasteiger partial charge on any atom is -0.369 e. The van der Waals surface area contributed by atoms with Crippen LogP contribution in [0, 0.1) is 0 Å². The zero-order chi connectivity index (χ0) is 14.3. The molecule has 0 atom stereocenters. The molecular formula is C12H12N4O2S2. The lowest BCUT2D eigenvalue weighted by atomic mass is 10.3. The molecule has 0 radical (unpaired) electrons. The van der Waals surface area contributed by atoms with Crippen LogP contribution in [-0.4, -0.2) is 29.2 Å². The molecule has 0 bridgehead atoms. The van der Waals surface area contributed by atoms with Gasteiger partial charge in [-0.05, 0) is 12.1 Å². The lowest BCUT2D eigenvalue weighted by molar-refractivity contribution is 0.602. The highest BCUT2D eigenvalue weighted by atomic mass is 32.2. The van der Waals surface area contributed by atoms with E-state index in [1.807, 2.05) is 5.38 Å². The molecule has 0 fully saturated rings. The second-order valence-corrected chi connectivity index (χ2v) is 7.13. The first-order chi connectivity index (χ1) is 9.47. The van der Waals surface area contributed by atoms with Crippen molar-refractivity contribution in [3.8, 4) is 0 Å². The number of fused-ring (bicyclic) bond motifs is 1. The molecule has 3 rings (SSSR count). The molecule has 2 aromatic heterocycles. The normalized spacial score (nSPS) is 12.1. The largest absolute Gasteiger partial charge is 0.369 e. The van der Waals surface area contributed by atoms with Crippen LogP contribution in [0.4, 0.5) is 5.95 Å². The Morgan fingerprint density at radius 2 is 2.20 bits per heavy atom. The van der Waals surface area contributed by atoms with Gasteiger partial charge in [0.05, 0.1) is 28.2 Å². The number of aromatic nitrogens is 3. The van der Waals surface area contributed by atoms with E-state index in [0.717, 1.165) is 11.9 Å². The van der Waals surface area contributed by atoms with Crippen LogP contribution in [-0.2, 0) is 16.4 Å². The number of hydrogen-bond acceptors (Lipinski definition) is 6. The minimum absolute atomic E-state index is 0.193. The Bertz CT molecular complexity index is 866. The van der Waals surface area contributed by atoms with Gasteiger partial charge in [-0.1, -0.05) is 6.07 Å². The summed E-state index contributed by atoms with van der Waals surface area (Å²) >= 11 is 1.50. The first-order valence-corrected chi connectivity index (χ1v) is 8.62. The predicted octanol–water partition coefficient (Wildman–Crippen LogP) is 1.53. The van der Waals surface area contributed by atoms with Gasteiger partial charge in [0.25, 0.3) is 0 Å². The van der Waals surface area contributed by atoms with Crippen molar-refractivity contribution in [1.29, 1.82) is 0 Å². The summed E-state index contributed by atoms with van der Waals surface area (Å²) in [6.45, 7) is 0.471. The maximum Gasteiger partial charge on any atom is 0.201 e. The van der Waals surface area contributed by atoms with Gasteiger partial charge >= 0.3 is 0 Å². The van der Waals surface area contributed by atoms with Crippen LogP contribution in [0.15, 0.2) is 34.0 Å². The van der Waals surface area contributed by atoms with Crippen molar-refractivity contribution >= 4 is 38.2 Å². The SMILES string of the molecule is CS(=O)(=O)c1cccc2c1nc(N)n2Cc1cscn1. The van der Waals surface area contributed by atoms with Crippen LogP contribution in [0.3, 0.4) is 0 Å². The molecule has 0 unspecified atom stereocenters. The number of thiazole rings is 1. The maximum atomic E-state index is 11.8. The lowest BCUT2D eigenvalue weighted by Crippen LogP contribution is -2.04. The Labute approximate surface area is 119 Å². The molecule has 2 heterocycles. The van der Waals surface area contributed by atoms with Crippen LogP contribution in [0.2, 0.25) is 0 Å². The van der Waals surface area contributed by atoms with E-state index < -0.39 is 9.84 Å². The fourth-order valence-corrected chi connectivity index (χ4v) is 3.46. The molecule has 2 N–H and O–H groups in total. The number of nitrogens with two attached hydrogens (primary N) is 1. The Hall–Kier alpha value is -1.93. The van der Waals surface area contributed by atoms with Gasteiger partial charge in [-0.25, -0.2) is 18.4 Å². The molecule has 8 heteroatoms. The number of imidazole rings is 1. The van der Waals surface area contributed by atoms with E-state index >= 15 is 0 Å². The van der Waals surface area contributed by atoms with Gasteiger partial charge in [-0.2, -0.15) is 0 Å². The Balaban J connectivity index is 2.22. The standard InChI is InChI=1S/C12H12N4O2S2/c1-20(17,18)10-4-2-3-9-11(10)15-12(13)16(9)5-8-6-19-7-14-8/h2-4,6-7H,5H2,1H3,(H2,13,15). The number of nitrogen functional groups attached to an aromatic ring is 1. The Morgan fingerprint density at radius 1 is 1.40 bits per heavy atom. The molecule has 3 aromatic rings. The number of anilines is 1. The molecule has 0 aliphatic rings. The van der Waals surface area contributed by atoms with Gasteiger partial charge in [0, 0.05) is 11.6 Å². The maximum absolute atomic E-state index is 11.8. The minimum atomic E-state index is -3.34. The monoisotopic (exact) mass is 308 g/mol. The van der Waals surface area contributed by atoms with Gasteiger partial charge in [-0.3, -0.25) is 0 Å². The number of sulfone groups is 1. The highest BCUT2D eigenvalue weighted by Gasteiger charge is 2.17. The molecule has 0 aliphatic carbocycles. The van der Waals surface area contributed by atoms with Crippen LogP contribution < -0.4 is 5.73 Å². The topological polar surface area (TPSA) is 90.9 Å². The fourth-order valence-electron chi connectivity index (χ4n) is 2.08. The van der Waals surface area contributed by atoms with Gasteiger partial charge in [-0.15, -0.1) is 11.3 Å². The van der Waals surface area contributed by atoms with Crippen LogP contribution in [0.1, 0.15) is 5.69 Å². The number of para-hydroxylation sites is 1. The summed E-state index contributed by atoms with van der Waals surface area (Å²) in [5.74, 6) is 0.282. The predicted molar refractivity (Wildman–Crippen MR) is 78.5 cm³/mol. The van der Waals surface area contributed by atoms with E-state index in [0.29, 0.717) is 17.6 Å². The van der Waals surface area contributed by atoms with Gasteiger partial charge in [0.2, 0.25) is 5.95 Å². The van der Waals surface area contributed by atoms with Crippen LogP contribution in [0.25, 0.3) is 11.0 Å². The zero-order valence-electron chi connectivity index (χ0n) is 10.6. The number of benzene rings is 1. The van der Waals surface area contributed by atoms with Crippen LogP contribution in [0.5, 0.6) is 0 Å². The third kappa shape index (κ3) is 2.16. The quantitative estimate of drug-likeness (QED) is 0.792. The zero-order valence-corrected chi connectivity index (χ0v) is 12.3. The third-order valence-corrected chi connectivity index (χ3v) is 4.74. The summed E-state index contributed by atoms with van der Waals surface area (Å²) in [5, 5.41) is 1.92. The van der Waals surface area contributed by atoms with Gasteiger partial charge < -0.3 is 10.3 Å². The van der Waals surface area contributed by atoms with Crippen molar-refractivity contribution in [2.75, 3.05) is 12.0 Å². The average molecular weight is 308 g/mol. The average Bonchev–Trinajstić information content (AvgIpc) is 2.97. The van der Waals surface area contributed by atoms with Crippen LogP contribution >= 0.6 is 11.3 Å². The molecule has 1 aromatic carbocycles. The van der Waals surface area contributed by atoms with E-state index in [1.54, 1.807) is 22.2 Å². The fraction of sp³-hybridized carbons (Fsp3) is 0.167. The van der Waals surface area contributed by atoms with Gasteiger partial charge in [0.15, 0.2) is 9.84 Å². The third-order valence-electron chi connectivity index (χ3n) is 2.97. The molecule has 0 spiro atoms. The Kier molecular flexibility index (Phi) is 2.98. The van der Waals surface area contributed by atoms with E-state index in [-0.39, 0.29) is 10.8 Å². The number of hydrogen-bond donors (Lipinski definition) is 1. The summed E-state index contributed by atoms with van der Waals surface area (Å²) in [4.78, 5) is 8.60. The summed E-state index contributed by atoms with van der Waals surface area (Å²) < 4.78 is 25.3. The van der Waals surface area contributed by atoms with E-state index in [1.165, 1.54) is 17.4 Å². The molecule has 20 heavy (non-hydrogen) atoms. The highest BCUT2D eigenvalue weighted by Crippen LogP contribution is 2.25. The van der Waals surface area contributed by atoms with Crippen molar-refractivity contribution in [2.24, 2.45) is 0 Å². The molecule has 0 aliphatic heterocycles. The molecular weight excluding hydrogens is 296 g/mol. The molecule has 104 valence electrons. The molecule has 0 saturated carbocycles. The first kappa shape index (κ1) is 13.1. The van der Waals surface area contributed by atoms with Crippen molar-refractivity contribution < 1.29 is 8.42 Å². The number of nitrogens with zero attached hydrogens (tertiary/aromatic N) is 3. The summed E-state index contributed by atoms with van der Waals surface area (Å²) in [7, 11) is -3.34. The molecule has 0 amide bonds. The smallest absolute Gasteiger partial charge is 0.201 e. The van der Waals surface area contributed by atoms with Gasteiger partial charge in [0.1, 0.15) is 5.52 Å². The van der Waals surface area contributed by atoms with E-state index in [4.69, 9.17) is 5.73 Å². The Morgan fingerprint density at radius 3 is 2.85 bits per heavy atom.